The van der Waals surface area contributed by atoms with Crippen LogP contribution in [-0.4, -0.2) is 5.78 Å². The molecule has 0 rings (SSSR count). The Morgan fingerprint density at radius 1 is 1.00 bits per heavy atom. The third kappa shape index (κ3) is 4.61. The van der Waals surface area contributed by atoms with Crippen molar-refractivity contribution in [3.05, 3.63) is 48.6 Å². The van der Waals surface area contributed by atoms with E-state index in [1.165, 1.54) is 0 Å². The molecule has 76 valence electrons. The zero-order valence-electron chi connectivity index (χ0n) is 9.05. The minimum absolute atomic E-state index is 0.105. The molecule has 0 atom stereocenters. The summed E-state index contributed by atoms with van der Waals surface area (Å²) in [6.45, 7) is 10.9. The van der Waals surface area contributed by atoms with Gasteiger partial charge in [-0.05, 0) is 37.8 Å². The SMILES string of the molecule is C=CC/C=C(/C)C(=O)/C(C)=C\CC=C. The summed E-state index contributed by atoms with van der Waals surface area (Å²) in [6.07, 6.45) is 8.82. The molecular weight excluding hydrogens is 172 g/mol. The van der Waals surface area contributed by atoms with E-state index in [-0.39, 0.29) is 5.78 Å². The largest absolute Gasteiger partial charge is 0.289 e. The highest BCUT2D eigenvalue weighted by molar-refractivity contribution is 6.07. The van der Waals surface area contributed by atoms with E-state index in [2.05, 4.69) is 13.2 Å². The maximum absolute atomic E-state index is 11.6. The number of carbonyl (C=O) groups is 1. The number of carbonyl (C=O) groups excluding carboxylic acids is 1. The highest BCUT2D eigenvalue weighted by atomic mass is 16.1. The molecular formula is C13H18O. The van der Waals surface area contributed by atoms with Crippen molar-refractivity contribution < 1.29 is 4.79 Å². The predicted molar refractivity (Wildman–Crippen MR) is 62.1 cm³/mol. The van der Waals surface area contributed by atoms with Gasteiger partial charge in [0.1, 0.15) is 0 Å². The number of Topliss-reactive ketones (excluding diaryl/α,β-unsaturated/α-hetero) is 1. The van der Waals surface area contributed by atoms with Crippen LogP contribution in [0.2, 0.25) is 0 Å². The second kappa shape index (κ2) is 7.07. The van der Waals surface area contributed by atoms with Gasteiger partial charge in [-0.3, -0.25) is 4.79 Å². The first kappa shape index (κ1) is 12.6. The van der Waals surface area contributed by atoms with E-state index in [1.54, 1.807) is 12.2 Å². The van der Waals surface area contributed by atoms with E-state index >= 15 is 0 Å². The van der Waals surface area contributed by atoms with Gasteiger partial charge >= 0.3 is 0 Å². The van der Waals surface area contributed by atoms with Crippen molar-refractivity contribution in [1.82, 2.24) is 0 Å². The van der Waals surface area contributed by atoms with Crippen molar-refractivity contribution >= 4 is 5.78 Å². The van der Waals surface area contributed by atoms with Gasteiger partial charge in [0.05, 0.1) is 0 Å². The summed E-state index contributed by atoms with van der Waals surface area (Å²) in [5.41, 5.74) is 1.56. The number of rotatable bonds is 6. The standard InChI is InChI=1S/C13H18O/c1-5-7-9-11(3)13(14)12(4)10-8-6-2/h5-6,9-10H,1-2,7-8H2,3-4H3/b11-9-,12-10-. The maximum Gasteiger partial charge on any atom is 0.183 e. The molecule has 0 aromatic rings. The summed E-state index contributed by atoms with van der Waals surface area (Å²) in [5.74, 6) is 0.105. The normalized spacial score (nSPS) is 12.4. The molecule has 1 heteroatoms. The summed E-state index contributed by atoms with van der Waals surface area (Å²) >= 11 is 0. The molecule has 0 spiro atoms. The van der Waals surface area contributed by atoms with Gasteiger partial charge in [0.2, 0.25) is 0 Å². The van der Waals surface area contributed by atoms with Crippen LogP contribution in [0, 0.1) is 0 Å². The minimum Gasteiger partial charge on any atom is -0.289 e. The molecule has 0 N–H and O–H groups in total. The van der Waals surface area contributed by atoms with Crippen molar-refractivity contribution in [3.63, 3.8) is 0 Å². The number of ketones is 1. The van der Waals surface area contributed by atoms with E-state index in [1.807, 2.05) is 26.0 Å². The van der Waals surface area contributed by atoms with E-state index < -0.39 is 0 Å². The van der Waals surface area contributed by atoms with Crippen molar-refractivity contribution in [2.45, 2.75) is 26.7 Å². The van der Waals surface area contributed by atoms with Crippen LogP contribution in [0.25, 0.3) is 0 Å². The highest BCUT2D eigenvalue weighted by Gasteiger charge is 2.04. The lowest BCUT2D eigenvalue weighted by Gasteiger charge is -2.00. The van der Waals surface area contributed by atoms with E-state index in [0.29, 0.717) is 0 Å². The van der Waals surface area contributed by atoms with Gasteiger partial charge < -0.3 is 0 Å². The Hall–Kier alpha value is -1.37. The van der Waals surface area contributed by atoms with Crippen LogP contribution < -0.4 is 0 Å². The third-order valence-corrected chi connectivity index (χ3v) is 1.90. The van der Waals surface area contributed by atoms with E-state index in [0.717, 1.165) is 24.0 Å². The molecule has 0 bridgehead atoms. The fourth-order valence-electron chi connectivity index (χ4n) is 1.02. The van der Waals surface area contributed by atoms with Crippen molar-refractivity contribution in [3.8, 4) is 0 Å². The molecule has 0 aromatic heterocycles. The highest BCUT2D eigenvalue weighted by Crippen LogP contribution is 2.07. The van der Waals surface area contributed by atoms with Crippen LogP contribution >= 0.6 is 0 Å². The second-order valence-corrected chi connectivity index (χ2v) is 3.15. The Morgan fingerprint density at radius 2 is 1.36 bits per heavy atom. The average Bonchev–Trinajstić information content (AvgIpc) is 2.21. The number of allylic oxidation sites excluding steroid dienone is 6. The predicted octanol–water partition coefficient (Wildman–Crippen LogP) is 3.60. The van der Waals surface area contributed by atoms with Crippen LogP contribution in [0.4, 0.5) is 0 Å². The first-order chi connectivity index (χ1) is 6.63. The van der Waals surface area contributed by atoms with Crippen LogP contribution in [0.1, 0.15) is 26.7 Å². The number of hydrogen-bond donors (Lipinski definition) is 0. The Balaban J connectivity index is 4.44. The Morgan fingerprint density at radius 3 is 1.64 bits per heavy atom. The molecule has 0 aromatic carbocycles. The number of hydrogen-bond acceptors (Lipinski definition) is 1. The average molecular weight is 190 g/mol. The summed E-state index contributed by atoms with van der Waals surface area (Å²) in [6, 6.07) is 0. The molecule has 0 saturated carbocycles. The molecule has 1 nitrogen and oxygen atoms in total. The molecule has 0 fully saturated rings. The van der Waals surface area contributed by atoms with Gasteiger partial charge in [-0.15, -0.1) is 13.2 Å². The van der Waals surface area contributed by atoms with Gasteiger partial charge in [-0.1, -0.05) is 24.3 Å². The van der Waals surface area contributed by atoms with Gasteiger partial charge in [-0.25, -0.2) is 0 Å². The molecule has 0 aliphatic carbocycles. The van der Waals surface area contributed by atoms with Gasteiger partial charge in [0.25, 0.3) is 0 Å². The Bertz CT molecular complexity index is 252. The fourth-order valence-corrected chi connectivity index (χ4v) is 1.02. The Labute approximate surface area is 86.5 Å². The second-order valence-electron chi connectivity index (χ2n) is 3.15. The van der Waals surface area contributed by atoms with Crippen molar-refractivity contribution in [2.24, 2.45) is 0 Å². The lowest BCUT2D eigenvalue weighted by molar-refractivity contribution is -0.112. The quantitative estimate of drug-likeness (QED) is 0.462. The molecule has 0 aliphatic heterocycles. The molecule has 0 aliphatic rings. The molecule has 0 heterocycles. The first-order valence-electron chi connectivity index (χ1n) is 4.73. The van der Waals surface area contributed by atoms with Crippen molar-refractivity contribution in [1.29, 1.82) is 0 Å². The van der Waals surface area contributed by atoms with E-state index in [4.69, 9.17) is 0 Å². The van der Waals surface area contributed by atoms with Gasteiger partial charge in [0.15, 0.2) is 5.78 Å². The van der Waals surface area contributed by atoms with Crippen LogP contribution in [-0.2, 0) is 4.79 Å². The van der Waals surface area contributed by atoms with Gasteiger partial charge in [0, 0.05) is 0 Å². The van der Waals surface area contributed by atoms with Crippen LogP contribution in [0.5, 0.6) is 0 Å². The molecule has 14 heavy (non-hydrogen) atoms. The third-order valence-electron chi connectivity index (χ3n) is 1.90. The first-order valence-corrected chi connectivity index (χ1v) is 4.73. The molecule has 0 amide bonds. The zero-order chi connectivity index (χ0) is 11.0. The Kier molecular flexibility index (Phi) is 6.38. The molecule has 0 saturated heterocycles. The van der Waals surface area contributed by atoms with Crippen LogP contribution in [0.15, 0.2) is 48.6 Å². The molecule has 0 radical (unpaired) electrons. The van der Waals surface area contributed by atoms with Crippen LogP contribution in [0.3, 0.4) is 0 Å². The lowest BCUT2D eigenvalue weighted by atomic mass is 10.0. The van der Waals surface area contributed by atoms with Crippen molar-refractivity contribution in [2.75, 3.05) is 0 Å². The molecule has 0 unspecified atom stereocenters. The maximum atomic E-state index is 11.6. The summed E-state index contributed by atoms with van der Waals surface area (Å²) < 4.78 is 0. The van der Waals surface area contributed by atoms with E-state index in [9.17, 15) is 4.79 Å². The summed E-state index contributed by atoms with van der Waals surface area (Å²) in [5, 5.41) is 0. The minimum atomic E-state index is 0.105. The fraction of sp³-hybridized carbons (Fsp3) is 0.308. The summed E-state index contributed by atoms with van der Waals surface area (Å²) in [4.78, 5) is 11.6. The monoisotopic (exact) mass is 190 g/mol. The zero-order valence-corrected chi connectivity index (χ0v) is 9.05. The topological polar surface area (TPSA) is 17.1 Å². The lowest BCUT2D eigenvalue weighted by Crippen LogP contribution is -2.00. The van der Waals surface area contributed by atoms with Gasteiger partial charge in [-0.2, -0.15) is 0 Å². The summed E-state index contributed by atoms with van der Waals surface area (Å²) in [7, 11) is 0. The smallest absolute Gasteiger partial charge is 0.183 e.